The molecular weight excluding hydrogens is 316 g/mol. The molecule has 7 heteroatoms. The number of aromatic amines is 1. The van der Waals surface area contributed by atoms with Crippen LogP contribution in [-0.2, 0) is 24.7 Å². The van der Waals surface area contributed by atoms with E-state index in [-0.39, 0.29) is 11.9 Å². The molecule has 0 saturated carbocycles. The van der Waals surface area contributed by atoms with Gasteiger partial charge in [0.25, 0.3) is 0 Å². The van der Waals surface area contributed by atoms with Crippen LogP contribution in [0.4, 0.5) is 0 Å². The molecule has 4 rings (SSSR count). The van der Waals surface area contributed by atoms with Crippen LogP contribution >= 0.6 is 0 Å². The van der Waals surface area contributed by atoms with Gasteiger partial charge in [-0.1, -0.05) is 6.07 Å². The van der Waals surface area contributed by atoms with E-state index in [2.05, 4.69) is 20.1 Å². The Kier molecular flexibility index (Phi) is 4.05. The van der Waals surface area contributed by atoms with Crippen molar-refractivity contribution in [1.82, 2.24) is 29.6 Å². The number of H-pyrrole nitrogens is 1. The van der Waals surface area contributed by atoms with Crippen molar-refractivity contribution in [2.75, 3.05) is 6.54 Å². The van der Waals surface area contributed by atoms with Crippen molar-refractivity contribution in [3.8, 4) is 0 Å². The number of pyridine rings is 1. The molecule has 0 aliphatic carbocycles. The maximum absolute atomic E-state index is 13.0. The summed E-state index contributed by atoms with van der Waals surface area (Å²) in [5.41, 5.74) is 4.07. The van der Waals surface area contributed by atoms with Crippen molar-refractivity contribution in [3.05, 3.63) is 65.8 Å². The van der Waals surface area contributed by atoms with Crippen molar-refractivity contribution < 1.29 is 4.79 Å². The highest BCUT2D eigenvalue weighted by atomic mass is 16.2. The fourth-order valence-corrected chi connectivity index (χ4v) is 3.45. The van der Waals surface area contributed by atoms with Crippen molar-refractivity contribution in [2.45, 2.75) is 25.3 Å². The summed E-state index contributed by atoms with van der Waals surface area (Å²) in [4.78, 5) is 26.8. The molecule has 0 saturated heterocycles. The third-order valence-corrected chi connectivity index (χ3v) is 4.76. The molecule has 7 nitrogen and oxygen atoms in total. The molecule has 1 atom stereocenters. The molecule has 1 amide bonds. The molecule has 0 radical (unpaired) electrons. The minimum Gasteiger partial charge on any atom is -0.348 e. The summed E-state index contributed by atoms with van der Waals surface area (Å²) in [6, 6.07) is 5.67. The summed E-state index contributed by atoms with van der Waals surface area (Å²) in [6.07, 6.45) is 8.95. The first kappa shape index (κ1) is 15.6. The maximum Gasteiger partial charge on any atom is 0.223 e. The van der Waals surface area contributed by atoms with Crippen LogP contribution in [0.2, 0.25) is 0 Å². The van der Waals surface area contributed by atoms with E-state index < -0.39 is 0 Å². The smallest absolute Gasteiger partial charge is 0.223 e. The second-order valence-corrected chi connectivity index (χ2v) is 6.24. The van der Waals surface area contributed by atoms with E-state index in [9.17, 15) is 4.79 Å². The topological polar surface area (TPSA) is 79.7 Å². The van der Waals surface area contributed by atoms with Crippen LogP contribution in [0.3, 0.4) is 0 Å². The Morgan fingerprint density at radius 2 is 2.28 bits per heavy atom. The van der Waals surface area contributed by atoms with E-state index in [0.717, 1.165) is 29.1 Å². The summed E-state index contributed by atoms with van der Waals surface area (Å²) >= 11 is 0. The normalized spacial score (nSPS) is 16.7. The highest BCUT2D eigenvalue weighted by Gasteiger charge is 2.33. The van der Waals surface area contributed by atoms with Crippen molar-refractivity contribution in [3.63, 3.8) is 0 Å². The van der Waals surface area contributed by atoms with E-state index in [0.29, 0.717) is 19.4 Å². The Hall–Kier alpha value is -2.96. The standard InChI is InChI=1S/C18H20N6O/c1-23-14(6-9-22-23)4-5-16(25)24-10-7-15-17(21-12-20-15)18(24)13-3-2-8-19-11-13/h2-3,6,8-9,11-12,18H,4-5,7,10H2,1H3,(H,20,21)/t18-/m1/s1. The van der Waals surface area contributed by atoms with Crippen molar-refractivity contribution in [1.29, 1.82) is 0 Å². The summed E-state index contributed by atoms with van der Waals surface area (Å²) in [7, 11) is 1.90. The van der Waals surface area contributed by atoms with Crippen LogP contribution in [0.1, 0.15) is 35.1 Å². The van der Waals surface area contributed by atoms with Crippen LogP contribution in [0, 0.1) is 0 Å². The number of aryl methyl sites for hydroxylation is 2. The van der Waals surface area contributed by atoms with Crippen LogP contribution < -0.4 is 0 Å². The van der Waals surface area contributed by atoms with E-state index in [1.807, 2.05) is 41.0 Å². The van der Waals surface area contributed by atoms with Crippen LogP contribution in [0.25, 0.3) is 0 Å². The van der Waals surface area contributed by atoms with Gasteiger partial charge in [0, 0.05) is 56.4 Å². The number of carbonyl (C=O) groups is 1. The molecule has 4 heterocycles. The number of carbonyl (C=O) groups excluding carboxylic acids is 1. The second kappa shape index (κ2) is 6.51. The quantitative estimate of drug-likeness (QED) is 0.785. The third-order valence-electron chi connectivity index (χ3n) is 4.76. The maximum atomic E-state index is 13.0. The van der Waals surface area contributed by atoms with E-state index >= 15 is 0 Å². The number of nitrogens with one attached hydrogen (secondary N) is 1. The minimum absolute atomic E-state index is 0.128. The van der Waals surface area contributed by atoms with Crippen LogP contribution in [0.5, 0.6) is 0 Å². The Bertz CT molecular complexity index is 869. The number of fused-ring (bicyclic) bond motifs is 1. The van der Waals surface area contributed by atoms with Crippen LogP contribution in [-0.4, -0.2) is 42.1 Å². The highest BCUT2D eigenvalue weighted by molar-refractivity contribution is 5.77. The lowest BCUT2D eigenvalue weighted by atomic mass is 9.96. The van der Waals surface area contributed by atoms with Gasteiger partial charge < -0.3 is 9.88 Å². The molecule has 0 unspecified atom stereocenters. The average molecular weight is 336 g/mol. The number of imidazole rings is 1. The Morgan fingerprint density at radius 1 is 1.36 bits per heavy atom. The Morgan fingerprint density at radius 3 is 3.04 bits per heavy atom. The first-order valence-corrected chi connectivity index (χ1v) is 8.42. The molecule has 0 bridgehead atoms. The lowest BCUT2D eigenvalue weighted by molar-refractivity contribution is -0.133. The summed E-state index contributed by atoms with van der Waals surface area (Å²) in [5.74, 6) is 0.128. The van der Waals surface area contributed by atoms with Gasteiger partial charge in [-0.3, -0.25) is 14.5 Å². The molecule has 0 aromatic carbocycles. The first-order valence-electron chi connectivity index (χ1n) is 8.42. The molecule has 25 heavy (non-hydrogen) atoms. The first-order chi connectivity index (χ1) is 12.2. The van der Waals surface area contributed by atoms with Gasteiger partial charge in [0.1, 0.15) is 6.04 Å². The van der Waals surface area contributed by atoms with Gasteiger partial charge in [-0.25, -0.2) is 4.98 Å². The molecule has 3 aromatic heterocycles. The van der Waals surface area contributed by atoms with E-state index in [1.54, 1.807) is 18.7 Å². The number of aromatic nitrogens is 5. The van der Waals surface area contributed by atoms with Crippen molar-refractivity contribution >= 4 is 5.91 Å². The average Bonchev–Trinajstić information content (AvgIpc) is 3.28. The second-order valence-electron chi connectivity index (χ2n) is 6.24. The van der Waals surface area contributed by atoms with Gasteiger partial charge in [-0.2, -0.15) is 5.10 Å². The summed E-state index contributed by atoms with van der Waals surface area (Å²) in [5, 5.41) is 4.16. The number of rotatable bonds is 4. The number of nitrogens with zero attached hydrogens (tertiary/aromatic N) is 5. The van der Waals surface area contributed by atoms with E-state index in [1.165, 1.54) is 0 Å². The number of amides is 1. The Labute approximate surface area is 145 Å². The van der Waals surface area contributed by atoms with Crippen molar-refractivity contribution in [2.24, 2.45) is 7.05 Å². The predicted octanol–water partition coefficient (Wildman–Crippen LogP) is 1.65. The van der Waals surface area contributed by atoms with Gasteiger partial charge in [0.05, 0.1) is 12.0 Å². The number of hydrogen-bond acceptors (Lipinski definition) is 4. The lowest BCUT2D eigenvalue weighted by Crippen LogP contribution is -2.41. The molecule has 1 N–H and O–H groups in total. The molecule has 1 aliphatic heterocycles. The highest BCUT2D eigenvalue weighted by Crippen LogP contribution is 2.33. The molecule has 128 valence electrons. The molecule has 1 aliphatic rings. The van der Waals surface area contributed by atoms with E-state index in [4.69, 9.17) is 0 Å². The van der Waals surface area contributed by atoms with Gasteiger partial charge >= 0.3 is 0 Å². The molecule has 0 spiro atoms. The monoisotopic (exact) mass is 336 g/mol. The fourth-order valence-electron chi connectivity index (χ4n) is 3.45. The third kappa shape index (κ3) is 2.93. The van der Waals surface area contributed by atoms with Gasteiger partial charge in [-0.05, 0) is 24.1 Å². The van der Waals surface area contributed by atoms with Gasteiger partial charge in [-0.15, -0.1) is 0 Å². The predicted molar refractivity (Wildman–Crippen MR) is 91.6 cm³/mol. The fraction of sp³-hybridized carbons (Fsp3) is 0.333. The van der Waals surface area contributed by atoms with Gasteiger partial charge in [0.2, 0.25) is 5.91 Å². The number of hydrogen-bond donors (Lipinski definition) is 1. The molecular formula is C18H20N6O. The zero-order chi connectivity index (χ0) is 17.2. The SMILES string of the molecule is Cn1nccc1CCC(=O)N1CCc2[nH]cnc2[C@H]1c1cccnc1. The summed E-state index contributed by atoms with van der Waals surface area (Å²) < 4.78 is 1.81. The Balaban J connectivity index is 1.59. The zero-order valence-corrected chi connectivity index (χ0v) is 14.1. The largest absolute Gasteiger partial charge is 0.348 e. The van der Waals surface area contributed by atoms with Crippen LogP contribution in [0.15, 0.2) is 43.1 Å². The lowest BCUT2D eigenvalue weighted by Gasteiger charge is -2.35. The minimum atomic E-state index is -0.178. The van der Waals surface area contributed by atoms with Gasteiger partial charge in [0.15, 0.2) is 0 Å². The molecule has 3 aromatic rings. The summed E-state index contributed by atoms with van der Waals surface area (Å²) in [6.45, 7) is 0.680. The molecule has 0 fully saturated rings. The zero-order valence-electron chi connectivity index (χ0n) is 14.1.